The molecule has 1 amide bonds. The number of carbonyl (C=O) groups excluding carboxylic acids is 1. The molecule has 0 spiro atoms. The van der Waals surface area contributed by atoms with Crippen LogP contribution in [0, 0.1) is 18.8 Å². The Morgan fingerprint density at radius 3 is 2.62 bits per heavy atom. The minimum absolute atomic E-state index is 0.0428. The molecule has 2 fully saturated rings. The average Bonchev–Trinajstić information content (AvgIpc) is 2.89. The lowest BCUT2D eigenvalue weighted by atomic mass is 10.0. The molecule has 3 heterocycles. The zero-order chi connectivity index (χ0) is 11.1. The Balaban J connectivity index is 1.73. The van der Waals surface area contributed by atoms with E-state index in [9.17, 15) is 4.79 Å². The summed E-state index contributed by atoms with van der Waals surface area (Å²) in [4.78, 5) is 18.0. The molecule has 0 aliphatic carbocycles. The van der Waals surface area contributed by atoms with Crippen molar-refractivity contribution in [1.82, 2.24) is 25.4 Å². The summed E-state index contributed by atoms with van der Waals surface area (Å²) in [5.41, 5.74) is 0. The second-order valence-corrected chi connectivity index (χ2v) is 4.63. The Bertz CT molecular complexity index is 403. The van der Waals surface area contributed by atoms with Gasteiger partial charge in [0.2, 0.25) is 5.82 Å². The van der Waals surface area contributed by atoms with Crippen molar-refractivity contribution < 1.29 is 4.79 Å². The maximum absolute atomic E-state index is 12.1. The second kappa shape index (κ2) is 3.55. The molecule has 0 bridgehead atoms. The van der Waals surface area contributed by atoms with Gasteiger partial charge in [-0.1, -0.05) is 0 Å². The van der Waals surface area contributed by atoms with E-state index < -0.39 is 0 Å². The number of nitrogens with zero attached hydrogens (tertiary/aromatic N) is 3. The largest absolute Gasteiger partial charge is 0.335 e. The van der Waals surface area contributed by atoms with Crippen LogP contribution in [0.25, 0.3) is 0 Å². The average molecular weight is 221 g/mol. The molecule has 2 aliphatic heterocycles. The Labute approximate surface area is 93.4 Å². The van der Waals surface area contributed by atoms with Gasteiger partial charge >= 0.3 is 0 Å². The lowest BCUT2D eigenvalue weighted by Crippen LogP contribution is -2.32. The Morgan fingerprint density at radius 1 is 1.38 bits per heavy atom. The third kappa shape index (κ3) is 1.49. The monoisotopic (exact) mass is 221 g/mol. The summed E-state index contributed by atoms with van der Waals surface area (Å²) < 4.78 is 0. The van der Waals surface area contributed by atoms with Gasteiger partial charge in [0.1, 0.15) is 5.82 Å². The molecule has 0 unspecified atom stereocenters. The molecule has 86 valence electrons. The van der Waals surface area contributed by atoms with E-state index in [2.05, 4.69) is 20.5 Å². The summed E-state index contributed by atoms with van der Waals surface area (Å²) in [6.45, 7) is 5.53. The molecule has 2 atom stereocenters. The number of likely N-dealkylation sites (tertiary alicyclic amines) is 1. The van der Waals surface area contributed by atoms with Crippen LogP contribution in [0.5, 0.6) is 0 Å². The topological polar surface area (TPSA) is 73.9 Å². The molecule has 16 heavy (non-hydrogen) atoms. The van der Waals surface area contributed by atoms with Crippen molar-refractivity contribution in [1.29, 1.82) is 0 Å². The van der Waals surface area contributed by atoms with Gasteiger partial charge in [-0.3, -0.25) is 9.89 Å². The van der Waals surface area contributed by atoms with Crippen molar-refractivity contribution in [3.63, 3.8) is 0 Å². The summed E-state index contributed by atoms with van der Waals surface area (Å²) in [5, 5.41) is 9.97. The SMILES string of the molecule is Cc1nc(C(=O)N2C[C@H]3CNC[C@H]3C2)n[nH]1. The maximum atomic E-state index is 12.1. The van der Waals surface area contributed by atoms with Crippen LogP contribution in [-0.2, 0) is 0 Å². The fraction of sp³-hybridized carbons (Fsp3) is 0.700. The normalized spacial score (nSPS) is 28.4. The third-order valence-corrected chi connectivity index (χ3v) is 3.47. The lowest BCUT2D eigenvalue weighted by Gasteiger charge is -2.14. The number of hydrogen-bond acceptors (Lipinski definition) is 4. The summed E-state index contributed by atoms with van der Waals surface area (Å²) in [7, 11) is 0. The van der Waals surface area contributed by atoms with Crippen LogP contribution in [-0.4, -0.2) is 52.2 Å². The second-order valence-electron chi connectivity index (χ2n) is 4.63. The predicted octanol–water partition coefficient (Wildman–Crippen LogP) is -0.595. The quantitative estimate of drug-likeness (QED) is 0.664. The van der Waals surface area contributed by atoms with Gasteiger partial charge in [0.25, 0.3) is 5.91 Å². The van der Waals surface area contributed by atoms with E-state index in [0.29, 0.717) is 23.5 Å². The lowest BCUT2D eigenvalue weighted by molar-refractivity contribution is 0.0770. The molecule has 2 saturated heterocycles. The van der Waals surface area contributed by atoms with Crippen LogP contribution in [0.1, 0.15) is 16.4 Å². The number of amides is 1. The predicted molar refractivity (Wildman–Crippen MR) is 56.9 cm³/mol. The highest BCUT2D eigenvalue weighted by Gasteiger charge is 2.39. The van der Waals surface area contributed by atoms with Crippen LogP contribution < -0.4 is 5.32 Å². The van der Waals surface area contributed by atoms with Crippen molar-refractivity contribution in [2.75, 3.05) is 26.2 Å². The van der Waals surface area contributed by atoms with E-state index in [4.69, 9.17) is 0 Å². The number of aromatic amines is 1. The molecular weight excluding hydrogens is 206 g/mol. The zero-order valence-corrected chi connectivity index (χ0v) is 9.23. The summed E-state index contributed by atoms with van der Waals surface area (Å²) in [6.07, 6.45) is 0. The van der Waals surface area contributed by atoms with E-state index in [0.717, 1.165) is 26.2 Å². The van der Waals surface area contributed by atoms with Gasteiger partial charge < -0.3 is 10.2 Å². The van der Waals surface area contributed by atoms with Gasteiger partial charge in [0.05, 0.1) is 0 Å². The Morgan fingerprint density at radius 2 is 2.06 bits per heavy atom. The van der Waals surface area contributed by atoms with Crippen LogP contribution in [0.4, 0.5) is 0 Å². The van der Waals surface area contributed by atoms with Crippen molar-refractivity contribution >= 4 is 5.91 Å². The number of H-pyrrole nitrogens is 1. The minimum Gasteiger partial charge on any atom is -0.335 e. The molecule has 0 radical (unpaired) electrons. The highest BCUT2D eigenvalue weighted by molar-refractivity contribution is 5.90. The van der Waals surface area contributed by atoms with Crippen LogP contribution >= 0.6 is 0 Å². The molecule has 1 aromatic heterocycles. The molecule has 2 aliphatic rings. The number of fused-ring (bicyclic) bond motifs is 1. The van der Waals surface area contributed by atoms with Crippen LogP contribution in [0.3, 0.4) is 0 Å². The molecule has 2 N–H and O–H groups in total. The van der Waals surface area contributed by atoms with Crippen molar-refractivity contribution in [3.05, 3.63) is 11.6 Å². The Kier molecular flexibility index (Phi) is 2.17. The van der Waals surface area contributed by atoms with Crippen LogP contribution in [0.15, 0.2) is 0 Å². The molecule has 0 aromatic carbocycles. The van der Waals surface area contributed by atoms with Crippen LogP contribution in [0.2, 0.25) is 0 Å². The van der Waals surface area contributed by atoms with E-state index in [1.165, 1.54) is 0 Å². The van der Waals surface area contributed by atoms with E-state index in [-0.39, 0.29) is 5.91 Å². The number of rotatable bonds is 1. The van der Waals surface area contributed by atoms with Gasteiger partial charge in [0.15, 0.2) is 0 Å². The fourth-order valence-corrected chi connectivity index (χ4v) is 2.60. The molecule has 6 heteroatoms. The maximum Gasteiger partial charge on any atom is 0.293 e. The smallest absolute Gasteiger partial charge is 0.293 e. The molecule has 0 saturated carbocycles. The highest BCUT2D eigenvalue weighted by atomic mass is 16.2. The van der Waals surface area contributed by atoms with Crippen molar-refractivity contribution in [2.24, 2.45) is 11.8 Å². The first-order valence-electron chi connectivity index (χ1n) is 5.63. The van der Waals surface area contributed by atoms with Gasteiger partial charge in [-0.15, -0.1) is 5.10 Å². The summed E-state index contributed by atoms with van der Waals surface area (Å²) >= 11 is 0. The number of aromatic nitrogens is 3. The zero-order valence-electron chi connectivity index (χ0n) is 9.23. The molecule has 1 aromatic rings. The fourth-order valence-electron chi connectivity index (χ4n) is 2.60. The number of aryl methyl sites for hydroxylation is 1. The van der Waals surface area contributed by atoms with Crippen molar-refractivity contribution in [2.45, 2.75) is 6.92 Å². The summed E-state index contributed by atoms with van der Waals surface area (Å²) in [6, 6.07) is 0. The van der Waals surface area contributed by atoms with Gasteiger partial charge in [0, 0.05) is 26.2 Å². The van der Waals surface area contributed by atoms with E-state index in [1.54, 1.807) is 6.92 Å². The number of carbonyl (C=O) groups is 1. The van der Waals surface area contributed by atoms with Gasteiger partial charge in [-0.2, -0.15) is 0 Å². The molecule has 3 rings (SSSR count). The molecule has 6 nitrogen and oxygen atoms in total. The minimum atomic E-state index is -0.0428. The van der Waals surface area contributed by atoms with E-state index >= 15 is 0 Å². The highest BCUT2D eigenvalue weighted by Crippen LogP contribution is 2.26. The number of hydrogen-bond donors (Lipinski definition) is 2. The van der Waals surface area contributed by atoms with Gasteiger partial charge in [-0.05, 0) is 18.8 Å². The first-order chi connectivity index (χ1) is 7.74. The van der Waals surface area contributed by atoms with E-state index in [1.807, 2.05) is 4.90 Å². The Hall–Kier alpha value is -1.43. The molecular formula is C10H15N5O. The standard InChI is InChI=1S/C10H15N5O/c1-6-12-9(14-13-6)10(16)15-4-7-2-11-3-8(7)5-15/h7-8,11H,2-5H2,1H3,(H,12,13,14)/t7-,8+. The van der Waals surface area contributed by atoms with Gasteiger partial charge in [-0.25, -0.2) is 4.98 Å². The summed E-state index contributed by atoms with van der Waals surface area (Å²) in [5.74, 6) is 2.17. The first kappa shape index (κ1) is 9.77. The number of nitrogens with one attached hydrogen (secondary N) is 2. The third-order valence-electron chi connectivity index (χ3n) is 3.47. The van der Waals surface area contributed by atoms with Crippen molar-refractivity contribution in [3.8, 4) is 0 Å². The first-order valence-corrected chi connectivity index (χ1v) is 5.63.